The van der Waals surface area contributed by atoms with Crippen LogP contribution >= 0.6 is 0 Å². The fourth-order valence-electron chi connectivity index (χ4n) is 1.36. The molecule has 0 fully saturated rings. The molecule has 0 amide bonds. The van der Waals surface area contributed by atoms with Crippen molar-refractivity contribution in [2.24, 2.45) is 0 Å². The van der Waals surface area contributed by atoms with Crippen molar-refractivity contribution in [3.63, 3.8) is 0 Å². The van der Waals surface area contributed by atoms with Crippen molar-refractivity contribution in [1.29, 1.82) is 0 Å². The lowest BCUT2D eigenvalue weighted by molar-refractivity contribution is 0.112. The molecule has 0 unspecified atom stereocenters. The summed E-state index contributed by atoms with van der Waals surface area (Å²) < 4.78 is 0. The third-order valence-electron chi connectivity index (χ3n) is 2.11. The molecule has 1 heterocycles. The summed E-state index contributed by atoms with van der Waals surface area (Å²) in [6.07, 6.45) is 2.19. The van der Waals surface area contributed by atoms with E-state index in [-0.39, 0.29) is 11.7 Å². The van der Waals surface area contributed by atoms with Crippen LogP contribution in [0.1, 0.15) is 10.4 Å². The molecule has 0 aliphatic rings. The number of hydrogen-bond acceptors (Lipinski definition) is 5. The number of anilines is 1. The molecule has 2 rings (SSSR count). The molecule has 0 bridgehead atoms. The number of nitrogen functional groups attached to an aromatic ring is 1. The van der Waals surface area contributed by atoms with Gasteiger partial charge in [0.2, 0.25) is 5.95 Å². The summed E-state index contributed by atoms with van der Waals surface area (Å²) in [4.78, 5) is 18.4. The molecule has 5 heteroatoms. The van der Waals surface area contributed by atoms with Crippen LogP contribution < -0.4 is 5.73 Å². The highest BCUT2D eigenvalue weighted by atomic mass is 16.3. The van der Waals surface area contributed by atoms with Crippen LogP contribution in [0, 0.1) is 0 Å². The van der Waals surface area contributed by atoms with Crippen LogP contribution in [-0.4, -0.2) is 21.4 Å². The van der Waals surface area contributed by atoms with Gasteiger partial charge in [0, 0.05) is 17.3 Å². The quantitative estimate of drug-likeness (QED) is 0.736. The van der Waals surface area contributed by atoms with Crippen LogP contribution in [0.2, 0.25) is 0 Å². The first kappa shape index (κ1) is 10.1. The minimum atomic E-state index is 0.0451. The lowest BCUT2D eigenvalue weighted by Gasteiger charge is -2.04. The summed E-state index contributed by atoms with van der Waals surface area (Å²) in [6, 6.07) is 6.12. The van der Waals surface area contributed by atoms with Gasteiger partial charge in [-0.15, -0.1) is 0 Å². The molecular formula is C11H9N3O2. The molecular weight excluding hydrogens is 206 g/mol. The second kappa shape index (κ2) is 3.98. The van der Waals surface area contributed by atoms with Crippen LogP contribution in [0.3, 0.4) is 0 Å². The van der Waals surface area contributed by atoms with Gasteiger partial charge in [0.15, 0.2) is 0 Å². The lowest BCUT2D eigenvalue weighted by Crippen LogP contribution is -1.95. The zero-order chi connectivity index (χ0) is 11.5. The lowest BCUT2D eigenvalue weighted by atomic mass is 10.1. The van der Waals surface area contributed by atoms with E-state index >= 15 is 0 Å². The third kappa shape index (κ3) is 1.83. The average Bonchev–Trinajstić information content (AvgIpc) is 2.30. The number of nitrogens with zero attached hydrogens (tertiary/aromatic N) is 2. The Morgan fingerprint density at radius 3 is 2.81 bits per heavy atom. The molecule has 0 aliphatic heterocycles. The number of nitrogens with two attached hydrogens (primary N) is 1. The van der Waals surface area contributed by atoms with Gasteiger partial charge in [-0.25, -0.2) is 9.97 Å². The smallest absolute Gasteiger partial charge is 0.220 e. The average molecular weight is 215 g/mol. The van der Waals surface area contributed by atoms with E-state index in [4.69, 9.17) is 5.73 Å². The predicted octanol–water partition coefficient (Wildman–Crippen LogP) is 1.24. The molecule has 2 aromatic rings. The van der Waals surface area contributed by atoms with Gasteiger partial charge in [0.1, 0.15) is 12.0 Å². The zero-order valence-corrected chi connectivity index (χ0v) is 8.29. The van der Waals surface area contributed by atoms with Crippen LogP contribution in [0.4, 0.5) is 5.95 Å². The Kier molecular flexibility index (Phi) is 2.51. The van der Waals surface area contributed by atoms with E-state index in [1.807, 2.05) is 0 Å². The highest BCUT2D eigenvalue weighted by Gasteiger charge is 2.07. The molecule has 5 nitrogen and oxygen atoms in total. The van der Waals surface area contributed by atoms with E-state index in [1.54, 1.807) is 12.1 Å². The van der Waals surface area contributed by atoms with E-state index in [0.717, 1.165) is 0 Å². The molecule has 3 N–H and O–H groups in total. The summed E-state index contributed by atoms with van der Waals surface area (Å²) >= 11 is 0. The molecule has 0 aliphatic carbocycles. The molecule has 80 valence electrons. The zero-order valence-electron chi connectivity index (χ0n) is 8.29. The number of aromatic nitrogens is 2. The topological polar surface area (TPSA) is 89.1 Å². The maximum absolute atomic E-state index is 10.6. The van der Waals surface area contributed by atoms with Crippen molar-refractivity contribution in [2.45, 2.75) is 0 Å². The van der Waals surface area contributed by atoms with Crippen molar-refractivity contribution in [2.75, 3.05) is 5.73 Å². The fraction of sp³-hybridized carbons (Fsp3) is 0. The second-order valence-electron chi connectivity index (χ2n) is 3.19. The Morgan fingerprint density at radius 1 is 1.31 bits per heavy atom. The van der Waals surface area contributed by atoms with Crippen molar-refractivity contribution >= 4 is 12.2 Å². The van der Waals surface area contributed by atoms with Gasteiger partial charge in [-0.3, -0.25) is 4.79 Å². The number of aromatic hydroxyl groups is 1. The van der Waals surface area contributed by atoms with E-state index in [1.165, 1.54) is 18.3 Å². The van der Waals surface area contributed by atoms with E-state index in [0.29, 0.717) is 23.1 Å². The van der Waals surface area contributed by atoms with Gasteiger partial charge in [0.05, 0.1) is 5.69 Å². The number of benzene rings is 1. The first-order valence-electron chi connectivity index (χ1n) is 4.58. The number of carbonyl (C=O) groups excluding carboxylic acids is 1. The summed E-state index contributed by atoms with van der Waals surface area (Å²) in [5, 5.41) is 9.66. The van der Waals surface area contributed by atoms with Crippen molar-refractivity contribution < 1.29 is 9.90 Å². The van der Waals surface area contributed by atoms with Gasteiger partial charge in [0.25, 0.3) is 0 Å². The fourth-order valence-corrected chi connectivity index (χ4v) is 1.36. The first-order chi connectivity index (χ1) is 7.70. The summed E-state index contributed by atoms with van der Waals surface area (Å²) in [5.74, 6) is 0.164. The van der Waals surface area contributed by atoms with Gasteiger partial charge < -0.3 is 10.8 Å². The van der Waals surface area contributed by atoms with E-state index in [2.05, 4.69) is 9.97 Å². The first-order valence-corrected chi connectivity index (χ1v) is 4.58. The Balaban J connectivity index is 2.58. The number of phenols is 1. The normalized spacial score (nSPS) is 10.0. The highest BCUT2D eigenvalue weighted by molar-refractivity contribution is 5.80. The van der Waals surface area contributed by atoms with Crippen LogP contribution in [0.25, 0.3) is 11.3 Å². The minimum Gasteiger partial charge on any atom is -0.507 e. The molecule has 0 spiro atoms. The van der Waals surface area contributed by atoms with Gasteiger partial charge in [-0.05, 0) is 24.3 Å². The van der Waals surface area contributed by atoms with Crippen molar-refractivity contribution in [1.82, 2.24) is 9.97 Å². The molecule has 0 saturated carbocycles. The predicted molar refractivity (Wildman–Crippen MR) is 58.9 cm³/mol. The SMILES string of the molecule is Nc1nccc(-c2cc(C=O)ccc2O)n1. The summed E-state index contributed by atoms with van der Waals surface area (Å²) in [6.45, 7) is 0. The Morgan fingerprint density at radius 2 is 2.12 bits per heavy atom. The van der Waals surface area contributed by atoms with E-state index < -0.39 is 0 Å². The molecule has 0 radical (unpaired) electrons. The number of rotatable bonds is 2. The van der Waals surface area contributed by atoms with Gasteiger partial charge in [-0.2, -0.15) is 0 Å². The number of carbonyl (C=O) groups is 1. The maximum Gasteiger partial charge on any atom is 0.220 e. The van der Waals surface area contributed by atoms with Crippen molar-refractivity contribution in [3.8, 4) is 17.0 Å². The van der Waals surface area contributed by atoms with Crippen LogP contribution in [0.15, 0.2) is 30.5 Å². The van der Waals surface area contributed by atoms with E-state index in [9.17, 15) is 9.90 Å². The van der Waals surface area contributed by atoms with Gasteiger partial charge >= 0.3 is 0 Å². The second-order valence-corrected chi connectivity index (χ2v) is 3.19. The Hall–Kier alpha value is -2.43. The molecule has 0 saturated heterocycles. The van der Waals surface area contributed by atoms with Crippen molar-refractivity contribution in [3.05, 3.63) is 36.0 Å². The van der Waals surface area contributed by atoms with Gasteiger partial charge in [-0.1, -0.05) is 0 Å². The Bertz CT molecular complexity index is 541. The Labute approximate surface area is 91.6 Å². The minimum absolute atomic E-state index is 0.0451. The maximum atomic E-state index is 10.6. The molecule has 1 aromatic carbocycles. The molecule has 16 heavy (non-hydrogen) atoms. The standard InChI is InChI=1S/C11H9N3O2/c12-11-13-4-3-9(14-11)8-5-7(6-15)1-2-10(8)16/h1-6,16H,(H2,12,13,14). The summed E-state index contributed by atoms with van der Waals surface area (Å²) in [5.41, 5.74) is 6.84. The van der Waals surface area contributed by atoms with Crippen LogP contribution in [-0.2, 0) is 0 Å². The number of hydrogen-bond donors (Lipinski definition) is 2. The van der Waals surface area contributed by atoms with Crippen LogP contribution in [0.5, 0.6) is 5.75 Å². The molecule has 1 aromatic heterocycles. The molecule has 0 atom stereocenters. The summed E-state index contributed by atoms with van der Waals surface area (Å²) in [7, 11) is 0. The largest absolute Gasteiger partial charge is 0.507 e. The highest BCUT2D eigenvalue weighted by Crippen LogP contribution is 2.28. The monoisotopic (exact) mass is 215 g/mol. The number of aldehydes is 1. The number of phenolic OH excluding ortho intramolecular Hbond substituents is 1. The third-order valence-corrected chi connectivity index (χ3v) is 2.11.